The van der Waals surface area contributed by atoms with E-state index in [0.717, 1.165) is 34.1 Å². The van der Waals surface area contributed by atoms with Gasteiger partial charge in [0.25, 0.3) is 0 Å². The van der Waals surface area contributed by atoms with E-state index < -0.39 is 0 Å². The Hall–Kier alpha value is -3.72. The van der Waals surface area contributed by atoms with Crippen molar-refractivity contribution in [3.05, 3.63) is 71.5 Å². The number of nitrogens with zero attached hydrogens (tertiary/aromatic N) is 3. The molecule has 0 saturated heterocycles. The van der Waals surface area contributed by atoms with Gasteiger partial charge in [-0.3, -0.25) is 5.32 Å². The Labute approximate surface area is 199 Å². The molecule has 0 radical (unpaired) electrons. The predicted octanol–water partition coefficient (Wildman–Crippen LogP) is 4.46. The van der Waals surface area contributed by atoms with Gasteiger partial charge in [0.05, 0.1) is 20.3 Å². The molecule has 0 unspecified atom stereocenters. The number of aryl methyl sites for hydroxylation is 2. The van der Waals surface area contributed by atoms with E-state index in [-0.39, 0.29) is 0 Å². The number of nitrogens with one attached hydrogen (secondary N) is 3. The Kier molecular flexibility index (Phi) is 8.54. The highest BCUT2D eigenvalue weighted by atomic mass is 32.1. The van der Waals surface area contributed by atoms with Gasteiger partial charge in [-0.2, -0.15) is 0 Å². The molecule has 0 aliphatic rings. The highest BCUT2D eigenvalue weighted by molar-refractivity contribution is 7.80. The van der Waals surface area contributed by atoms with Gasteiger partial charge < -0.3 is 20.1 Å². The molecule has 33 heavy (non-hydrogen) atoms. The SMILES string of the molecule is CCOc1ccc(NC(=S)NC(=NCc2ccc(OC)cc2)Nc2nc(C)cc(C)n2)cc1. The Morgan fingerprint density at radius 1 is 0.939 bits per heavy atom. The van der Waals surface area contributed by atoms with Crippen molar-refractivity contribution in [3.63, 3.8) is 0 Å². The van der Waals surface area contributed by atoms with Crippen molar-refractivity contribution in [1.29, 1.82) is 0 Å². The zero-order valence-electron chi connectivity index (χ0n) is 19.2. The van der Waals surface area contributed by atoms with Crippen molar-refractivity contribution in [3.8, 4) is 11.5 Å². The normalized spacial score (nSPS) is 11.0. The van der Waals surface area contributed by atoms with E-state index in [1.807, 2.05) is 75.4 Å². The molecule has 9 heteroatoms. The molecular formula is C24H28N6O2S. The second-order valence-corrected chi connectivity index (χ2v) is 7.56. The summed E-state index contributed by atoms with van der Waals surface area (Å²) in [6.45, 7) is 6.83. The largest absolute Gasteiger partial charge is 0.497 e. The fraction of sp³-hybridized carbons (Fsp3) is 0.250. The molecule has 0 atom stereocenters. The molecule has 0 bridgehead atoms. The number of aliphatic imine (C=N–C) groups is 1. The Morgan fingerprint density at radius 2 is 1.58 bits per heavy atom. The minimum atomic E-state index is 0.379. The monoisotopic (exact) mass is 464 g/mol. The van der Waals surface area contributed by atoms with Crippen LogP contribution < -0.4 is 25.4 Å². The van der Waals surface area contributed by atoms with E-state index in [1.165, 1.54) is 0 Å². The number of thiocarbonyl (C=S) groups is 1. The maximum Gasteiger partial charge on any atom is 0.229 e. The van der Waals surface area contributed by atoms with Crippen LogP contribution >= 0.6 is 12.2 Å². The lowest BCUT2D eigenvalue weighted by atomic mass is 10.2. The van der Waals surface area contributed by atoms with E-state index in [9.17, 15) is 0 Å². The van der Waals surface area contributed by atoms with Crippen molar-refractivity contribution in [2.45, 2.75) is 27.3 Å². The molecule has 1 aromatic heterocycles. The van der Waals surface area contributed by atoms with Gasteiger partial charge in [-0.05, 0) is 81.0 Å². The van der Waals surface area contributed by atoms with Gasteiger partial charge >= 0.3 is 0 Å². The lowest BCUT2D eigenvalue weighted by Gasteiger charge is -2.15. The van der Waals surface area contributed by atoms with Crippen LogP contribution in [0.1, 0.15) is 23.9 Å². The number of aromatic nitrogens is 2. The molecule has 0 aliphatic carbocycles. The molecule has 1 heterocycles. The molecule has 0 spiro atoms. The fourth-order valence-electron chi connectivity index (χ4n) is 2.97. The standard InChI is InChI=1S/C24H28N6O2S/c1-5-32-21-12-8-19(9-13-21)28-24(33)30-22(29-23-26-16(2)14-17(3)27-23)25-15-18-6-10-20(31-4)11-7-18/h6-14H,5,15H2,1-4H3,(H3,25,26,27,28,29,30,33). The van der Waals surface area contributed by atoms with Crippen LogP contribution in [0.5, 0.6) is 11.5 Å². The summed E-state index contributed by atoms with van der Waals surface area (Å²) in [6, 6.07) is 17.2. The summed E-state index contributed by atoms with van der Waals surface area (Å²) in [4.78, 5) is 13.5. The first-order chi connectivity index (χ1) is 15.9. The minimum Gasteiger partial charge on any atom is -0.497 e. The smallest absolute Gasteiger partial charge is 0.229 e. The summed E-state index contributed by atoms with van der Waals surface area (Å²) in [5.41, 5.74) is 3.56. The van der Waals surface area contributed by atoms with Crippen molar-refractivity contribution >= 4 is 34.9 Å². The van der Waals surface area contributed by atoms with Gasteiger partial charge in [-0.15, -0.1) is 0 Å². The number of guanidine groups is 1. The fourth-order valence-corrected chi connectivity index (χ4v) is 3.18. The van der Waals surface area contributed by atoms with Gasteiger partial charge in [0.2, 0.25) is 11.9 Å². The average Bonchev–Trinajstić information content (AvgIpc) is 2.78. The zero-order valence-corrected chi connectivity index (χ0v) is 20.0. The molecule has 3 rings (SSSR count). The predicted molar refractivity (Wildman–Crippen MR) is 136 cm³/mol. The molecule has 0 aliphatic heterocycles. The molecule has 3 N–H and O–H groups in total. The quantitative estimate of drug-likeness (QED) is 0.268. The lowest BCUT2D eigenvalue weighted by Crippen LogP contribution is -2.39. The van der Waals surface area contributed by atoms with Gasteiger partial charge in [0, 0.05) is 17.1 Å². The van der Waals surface area contributed by atoms with E-state index >= 15 is 0 Å². The van der Waals surface area contributed by atoms with E-state index in [4.69, 9.17) is 21.7 Å². The summed E-state index contributed by atoms with van der Waals surface area (Å²) in [5, 5.41) is 9.78. The van der Waals surface area contributed by atoms with Crippen LogP contribution in [0.2, 0.25) is 0 Å². The Bertz CT molecular complexity index is 1080. The summed E-state index contributed by atoms with van der Waals surface area (Å²) < 4.78 is 10.7. The van der Waals surface area contributed by atoms with Crippen molar-refractivity contribution < 1.29 is 9.47 Å². The summed E-state index contributed by atoms with van der Waals surface area (Å²) in [7, 11) is 1.64. The first-order valence-electron chi connectivity index (χ1n) is 10.5. The third-order valence-electron chi connectivity index (χ3n) is 4.45. The first kappa shape index (κ1) is 23.9. The van der Waals surface area contributed by atoms with Crippen LogP contribution in [0.3, 0.4) is 0 Å². The van der Waals surface area contributed by atoms with Crippen molar-refractivity contribution in [2.24, 2.45) is 4.99 Å². The number of rotatable bonds is 7. The van der Waals surface area contributed by atoms with E-state index in [0.29, 0.717) is 30.2 Å². The molecule has 0 fully saturated rings. The maximum absolute atomic E-state index is 5.50. The molecule has 0 amide bonds. The summed E-state index contributed by atoms with van der Waals surface area (Å²) >= 11 is 5.50. The van der Waals surface area contributed by atoms with Gasteiger partial charge in [-0.1, -0.05) is 12.1 Å². The summed E-state index contributed by atoms with van der Waals surface area (Å²) in [6.07, 6.45) is 0. The highest BCUT2D eigenvalue weighted by Crippen LogP contribution is 2.16. The van der Waals surface area contributed by atoms with Crippen LogP contribution in [0.4, 0.5) is 11.6 Å². The van der Waals surface area contributed by atoms with Gasteiger partial charge in [-0.25, -0.2) is 15.0 Å². The number of anilines is 2. The van der Waals surface area contributed by atoms with E-state index in [1.54, 1.807) is 7.11 Å². The van der Waals surface area contributed by atoms with Crippen LogP contribution in [0, 0.1) is 13.8 Å². The van der Waals surface area contributed by atoms with Crippen LogP contribution in [-0.4, -0.2) is 34.8 Å². The number of benzene rings is 2. The lowest BCUT2D eigenvalue weighted by molar-refractivity contribution is 0.340. The third-order valence-corrected chi connectivity index (χ3v) is 4.65. The Balaban J connectivity index is 1.73. The minimum absolute atomic E-state index is 0.379. The van der Waals surface area contributed by atoms with Gasteiger partial charge in [0.1, 0.15) is 11.5 Å². The van der Waals surface area contributed by atoms with Crippen molar-refractivity contribution in [1.82, 2.24) is 15.3 Å². The Morgan fingerprint density at radius 3 is 2.18 bits per heavy atom. The summed E-state index contributed by atoms with van der Waals surface area (Å²) in [5.74, 6) is 2.47. The molecule has 172 valence electrons. The first-order valence-corrected chi connectivity index (χ1v) is 10.9. The van der Waals surface area contributed by atoms with Crippen LogP contribution in [0.15, 0.2) is 59.6 Å². The number of hydrogen-bond acceptors (Lipinski definition) is 6. The number of ether oxygens (including phenoxy) is 2. The zero-order chi connectivity index (χ0) is 23.6. The second kappa shape index (κ2) is 11.8. The number of hydrogen-bond donors (Lipinski definition) is 3. The molecule has 8 nitrogen and oxygen atoms in total. The topological polar surface area (TPSA) is 92.7 Å². The second-order valence-electron chi connectivity index (χ2n) is 7.15. The van der Waals surface area contributed by atoms with Gasteiger partial charge in [0.15, 0.2) is 5.11 Å². The third kappa shape index (κ3) is 7.73. The van der Waals surface area contributed by atoms with Crippen LogP contribution in [-0.2, 0) is 6.54 Å². The van der Waals surface area contributed by atoms with Crippen LogP contribution in [0.25, 0.3) is 0 Å². The van der Waals surface area contributed by atoms with Crippen molar-refractivity contribution in [2.75, 3.05) is 24.4 Å². The molecule has 3 aromatic rings. The number of methoxy groups -OCH3 is 1. The molecule has 2 aromatic carbocycles. The highest BCUT2D eigenvalue weighted by Gasteiger charge is 2.08. The molecular weight excluding hydrogens is 436 g/mol. The maximum atomic E-state index is 5.50. The average molecular weight is 465 g/mol. The molecule has 0 saturated carbocycles. The van der Waals surface area contributed by atoms with E-state index in [2.05, 4.69) is 30.9 Å².